The first-order valence-electron chi connectivity index (χ1n) is 6.28. The van der Waals surface area contributed by atoms with E-state index in [1.54, 1.807) is 0 Å². The van der Waals surface area contributed by atoms with Crippen molar-refractivity contribution in [3.8, 4) is 0 Å². The minimum atomic E-state index is 0.138. The van der Waals surface area contributed by atoms with Gasteiger partial charge in [-0.1, -0.05) is 40.5 Å². The van der Waals surface area contributed by atoms with Crippen LogP contribution in [0.5, 0.6) is 0 Å². The van der Waals surface area contributed by atoms with Gasteiger partial charge in [0.25, 0.3) is 0 Å². The third-order valence-corrected chi connectivity index (χ3v) is 2.49. The Morgan fingerprint density at radius 2 is 1.67 bits per heavy atom. The molecule has 2 heteroatoms. The summed E-state index contributed by atoms with van der Waals surface area (Å²) in [5.74, 6) is 1.45. The van der Waals surface area contributed by atoms with Crippen molar-refractivity contribution in [2.24, 2.45) is 11.8 Å². The van der Waals surface area contributed by atoms with Gasteiger partial charge >= 0.3 is 0 Å². The van der Waals surface area contributed by atoms with Crippen LogP contribution >= 0.6 is 0 Å². The zero-order valence-electron chi connectivity index (χ0n) is 10.8. The van der Waals surface area contributed by atoms with E-state index in [0.29, 0.717) is 18.6 Å². The highest BCUT2D eigenvalue weighted by Gasteiger charge is 2.11. The van der Waals surface area contributed by atoms with Gasteiger partial charge in [-0.05, 0) is 24.7 Å². The van der Waals surface area contributed by atoms with E-state index in [9.17, 15) is 0 Å². The predicted octanol–water partition coefficient (Wildman–Crippen LogP) is 3.24. The Labute approximate surface area is 95.0 Å². The largest absolute Gasteiger partial charge is 0.394 e. The fraction of sp³-hybridized carbons (Fsp3) is 1.00. The van der Waals surface area contributed by atoms with E-state index in [2.05, 4.69) is 27.7 Å². The van der Waals surface area contributed by atoms with E-state index in [4.69, 9.17) is 9.84 Å². The Kier molecular flexibility index (Phi) is 9.12. The minimum absolute atomic E-state index is 0.138. The van der Waals surface area contributed by atoms with Crippen LogP contribution in [0.1, 0.15) is 53.4 Å². The van der Waals surface area contributed by atoms with Crippen molar-refractivity contribution < 1.29 is 9.84 Å². The topological polar surface area (TPSA) is 29.5 Å². The number of rotatable bonds is 9. The molecule has 0 aromatic rings. The molecule has 0 aromatic carbocycles. The van der Waals surface area contributed by atoms with Crippen LogP contribution in [-0.4, -0.2) is 24.4 Å². The van der Waals surface area contributed by atoms with Crippen molar-refractivity contribution in [2.75, 3.05) is 13.2 Å². The van der Waals surface area contributed by atoms with Gasteiger partial charge in [-0.2, -0.15) is 0 Å². The van der Waals surface area contributed by atoms with Crippen LogP contribution in [0.4, 0.5) is 0 Å². The van der Waals surface area contributed by atoms with Gasteiger partial charge in [0.15, 0.2) is 0 Å². The molecule has 0 saturated heterocycles. The van der Waals surface area contributed by atoms with Crippen LogP contribution in [-0.2, 0) is 4.74 Å². The lowest BCUT2D eigenvalue weighted by Crippen LogP contribution is -2.18. The summed E-state index contributed by atoms with van der Waals surface area (Å²) in [6.07, 6.45) is 5.10. The summed E-state index contributed by atoms with van der Waals surface area (Å²) in [6, 6.07) is 0. The smallest absolute Gasteiger partial charge is 0.0701 e. The van der Waals surface area contributed by atoms with Crippen molar-refractivity contribution in [3.05, 3.63) is 0 Å². The van der Waals surface area contributed by atoms with Gasteiger partial charge in [-0.3, -0.25) is 0 Å². The zero-order valence-corrected chi connectivity index (χ0v) is 10.8. The SMILES string of the molecule is CC(C)CCCC(CC(C)C)OCCO. The number of aliphatic hydroxyl groups is 1. The molecule has 0 rings (SSSR count). The lowest BCUT2D eigenvalue weighted by Gasteiger charge is -2.19. The van der Waals surface area contributed by atoms with Crippen molar-refractivity contribution in [3.63, 3.8) is 0 Å². The maximum atomic E-state index is 8.74. The Balaban J connectivity index is 3.69. The maximum Gasteiger partial charge on any atom is 0.0701 e. The van der Waals surface area contributed by atoms with Crippen molar-refractivity contribution in [1.82, 2.24) is 0 Å². The van der Waals surface area contributed by atoms with Crippen LogP contribution < -0.4 is 0 Å². The highest BCUT2D eigenvalue weighted by Crippen LogP contribution is 2.16. The maximum absolute atomic E-state index is 8.74. The van der Waals surface area contributed by atoms with E-state index in [1.165, 1.54) is 12.8 Å². The average molecular weight is 216 g/mol. The average Bonchev–Trinajstić information content (AvgIpc) is 2.12. The molecule has 1 unspecified atom stereocenters. The van der Waals surface area contributed by atoms with Gasteiger partial charge < -0.3 is 9.84 Å². The van der Waals surface area contributed by atoms with Crippen LogP contribution in [0.25, 0.3) is 0 Å². The van der Waals surface area contributed by atoms with Crippen LogP contribution in [0.15, 0.2) is 0 Å². The van der Waals surface area contributed by atoms with Crippen LogP contribution in [0.3, 0.4) is 0 Å². The third kappa shape index (κ3) is 10.2. The first kappa shape index (κ1) is 14.9. The molecule has 2 nitrogen and oxygen atoms in total. The summed E-state index contributed by atoms with van der Waals surface area (Å²) >= 11 is 0. The standard InChI is InChI=1S/C13H28O2/c1-11(2)6-5-7-13(10-12(3)4)15-9-8-14/h11-14H,5-10H2,1-4H3. The Hall–Kier alpha value is -0.0800. The van der Waals surface area contributed by atoms with Crippen LogP contribution in [0, 0.1) is 11.8 Å². The molecule has 0 heterocycles. The Bertz CT molecular complexity index is 132. The second-order valence-electron chi connectivity index (χ2n) is 5.17. The third-order valence-electron chi connectivity index (χ3n) is 2.49. The quantitative estimate of drug-likeness (QED) is 0.641. The highest BCUT2D eigenvalue weighted by atomic mass is 16.5. The molecule has 92 valence electrons. The first-order valence-corrected chi connectivity index (χ1v) is 6.28. The Morgan fingerprint density at radius 3 is 2.13 bits per heavy atom. The number of hydrogen-bond acceptors (Lipinski definition) is 2. The molecule has 0 saturated carbocycles. The zero-order chi connectivity index (χ0) is 11.7. The van der Waals surface area contributed by atoms with Crippen molar-refractivity contribution in [2.45, 2.75) is 59.5 Å². The molecule has 15 heavy (non-hydrogen) atoms. The Morgan fingerprint density at radius 1 is 1.00 bits per heavy atom. The molecule has 0 aliphatic carbocycles. The van der Waals surface area contributed by atoms with E-state index in [1.807, 2.05) is 0 Å². The molecular formula is C13H28O2. The minimum Gasteiger partial charge on any atom is -0.394 e. The highest BCUT2D eigenvalue weighted by molar-refractivity contribution is 4.62. The van der Waals surface area contributed by atoms with Gasteiger partial charge in [0, 0.05) is 0 Å². The molecule has 0 bridgehead atoms. The summed E-state index contributed by atoms with van der Waals surface area (Å²) in [4.78, 5) is 0. The van der Waals surface area contributed by atoms with E-state index in [0.717, 1.165) is 18.8 Å². The monoisotopic (exact) mass is 216 g/mol. The van der Waals surface area contributed by atoms with Gasteiger partial charge in [0.1, 0.15) is 0 Å². The van der Waals surface area contributed by atoms with Gasteiger partial charge in [-0.25, -0.2) is 0 Å². The molecular weight excluding hydrogens is 188 g/mol. The predicted molar refractivity (Wildman–Crippen MR) is 65.0 cm³/mol. The summed E-state index contributed by atoms with van der Waals surface area (Å²) in [5.41, 5.74) is 0. The summed E-state index contributed by atoms with van der Waals surface area (Å²) in [5, 5.41) is 8.74. The lowest BCUT2D eigenvalue weighted by atomic mass is 9.99. The molecule has 0 aromatic heterocycles. The van der Waals surface area contributed by atoms with Crippen molar-refractivity contribution >= 4 is 0 Å². The van der Waals surface area contributed by atoms with E-state index >= 15 is 0 Å². The van der Waals surface area contributed by atoms with Gasteiger partial charge in [-0.15, -0.1) is 0 Å². The summed E-state index contributed by atoms with van der Waals surface area (Å²) < 4.78 is 5.63. The number of hydrogen-bond donors (Lipinski definition) is 1. The second-order valence-corrected chi connectivity index (χ2v) is 5.17. The molecule has 0 amide bonds. The summed E-state index contributed by atoms with van der Waals surface area (Å²) in [6.45, 7) is 9.57. The molecule has 0 spiro atoms. The van der Waals surface area contributed by atoms with E-state index < -0.39 is 0 Å². The number of ether oxygens (including phenoxy) is 1. The first-order chi connectivity index (χ1) is 7.06. The molecule has 1 atom stereocenters. The fourth-order valence-electron chi connectivity index (χ4n) is 1.77. The molecule has 0 aliphatic heterocycles. The fourth-order valence-corrected chi connectivity index (χ4v) is 1.77. The van der Waals surface area contributed by atoms with Crippen molar-refractivity contribution in [1.29, 1.82) is 0 Å². The van der Waals surface area contributed by atoms with Gasteiger partial charge in [0.2, 0.25) is 0 Å². The molecule has 1 N–H and O–H groups in total. The normalized spacial score (nSPS) is 13.8. The number of aliphatic hydroxyl groups excluding tert-OH is 1. The van der Waals surface area contributed by atoms with E-state index in [-0.39, 0.29) is 6.61 Å². The molecule has 0 aliphatic rings. The van der Waals surface area contributed by atoms with Crippen LogP contribution in [0.2, 0.25) is 0 Å². The molecule has 0 fully saturated rings. The lowest BCUT2D eigenvalue weighted by molar-refractivity contribution is 0.0112. The summed E-state index contributed by atoms with van der Waals surface area (Å²) in [7, 11) is 0. The van der Waals surface area contributed by atoms with Gasteiger partial charge in [0.05, 0.1) is 19.3 Å². The molecule has 0 radical (unpaired) electrons. The second kappa shape index (κ2) is 9.17.